The number of halogens is 1. The second-order valence-corrected chi connectivity index (χ2v) is 3.26. The molecule has 0 atom stereocenters. The molecule has 0 aliphatic carbocycles. The number of carbonyl (C=O) groups is 1. The van der Waals surface area contributed by atoms with Gasteiger partial charge in [0.1, 0.15) is 17.3 Å². The van der Waals surface area contributed by atoms with Gasteiger partial charge in [0, 0.05) is 12.0 Å². The predicted molar refractivity (Wildman–Crippen MR) is 52.1 cm³/mol. The topological polar surface area (TPSA) is 26.3 Å². The lowest BCUT2D eigenvalue weighted by molar-refractivity contribution is -0.116. The lowest BCUT2D eigenvalue weighted by atomic mass is 10.0. The molecule has 0 unspecified atom stereocenters. The van der Waals surface area contributed by atoms with Gasteiger partial charge in [0.2, 0.25) is 0 Å². The van der Waals surface area contributed by atoms with Crippen molar-refractivity contribution in [1.82, 2.24) is 0 Å². The first kappa shape index (κ1) is 10.7. The molecule has 0 aliphatic heterocycles. The molecule has 14 heavy (non-hydrogen) atoms. The fourth-order valence-corrected chi connectivity index (χ4v) is 1.33. The monoisotopic (exact) mass is 196 g/mol. The summed E-state index contributed by atoms with van der Waals surface area (Å²) in [5.41, 5.74) is 0.877. The molecule has 0 bridgehead atoms. The number of carbonyl (C=O) groups excluding carboxylic acids is 1. The third-order valence-corrected chi connectivity index (χ3v) is 2.04. The van der Waals surface area contributed by atoms with E-state index in [4.69, 9.17) is 4.74 Å². The number of methoxy groups -OCH3 is 1. The number of benzene rings is 1. The Kier molecular flexibility index (Phi) is 3.23. The number of ketones is 1. The summed E-state index contributed by atoms with van der Waals surface area (Å²) >= 11 is 0. The number of hydrogen-bond acceptors (Lipinski definition) is 2. The van der Waals surface area contributed by atoms with Gasteiger partial charge in [0.15, 0.2) is 0 Å². The molecule has 0 aliphatic rings. The molecule has 0 aromatic heterocycles. The fourth-order valence-electron chi connectivity index (χ4n) is 1.33. The van der Waals surface area contributed by atoms with E-state index in [1.807, 2.05) is 0 Å². The van der Waals surface area contributed by atoms with Gasteiger partial charge in [-0.1, -0.05) is 6.07 Å². The highest BCUT2D eigenvalue weighted by Crippen LogP contribution is 2.24. The van der Waals surface area contributed by atoms with Crippen LogP contribution in [0.25, 0.3) is 0 Å². The zero-order chi connectivity index (χ0) is 10.7. The minimum atomic E-state index is -0.348. The van der Waals surface area contributed by atoms with E-state index in [0.29, 0.717) is 16.9 Å². The quantitative estimate of drug-likeness (QED) is 0.741. The Balaban J connectivity index is 3.20. The molecule has 2 nitrogen and oxygen atoms in total. The molecule has 3 heteroatoms. The van der Waals surface area contributed by atoms with Crippen LogP contribution in [0.1, 0.15) is 18.1 Å². The number of rotatable bonds is 3. The molecule has 76 valence electrons. The van der Waals surface area contributed by atoms with Crippen molar-refractivity contribution in [2.45, 2.75) is 20.3 Å². The van der Waals surface area contributed by atoms with E-state index in [2.05, 4.69) is 0 Å². The molecule has 0 N–H and O–H groups in total. The first-order valence-electron chi connectivity index (χ1n) is 4.37. The molecule has 0 amide bonds. The average Bonchev–Trinajstić information content (AvgIpc) is 2.13. The van der Waals surface area contributed by atoms with Gasteiger partial charge in [-0.2, -0.15) is 0 Å². The normalized spacial score (nSPS) is 10.0. The Hall–Kier alpha value is -1.38. The van der Waals surface area contributed by atoms with Crippen LogP contribution in [0.4, 0.5) is 4.39 Å². The highest BCUT2D eigenvalue weighted by molar-refractivity contribution is 5.79. The van der Waals surface area contributed by atoms with Gasteiger partial charge in [-0.25, -0.2) is 4.39 Å². The molecule has 0 saturated heterocycles. The van der Waals surface area contributed by atoms with Crippen LogP contribution in [-0.4, -0.2) is 12.9 Å². The average molecular weight is 196 g/mol. The lowest BCUT2D eigenvalue weighted by Gasteiger charge is -2.09. The highest BCUT2D eigenvalue weighted by Gasteiger charge is 2.13. The largest absolute Gasteiger partial charge is 0.496 e. The van der Waals surface area contributed by atoms with Crippen LogP contribution >= 0.6 is 0 Å². The van der Waals surface area contributed by atoms with Gasteiger partial charge >= 0.3 is 0 Å². The van der Waals surface area contributed by atoms with Crippen LogP contribution in [-0.2, 0) is 11.2 Å². The maximum absolute atomic E-state index is 13.6. The Labute approximate surface area is 82.7 Å². The zero-order valence-corrected chi connectivity index (χ0v) is 8.56. The number of ether oxygens (including phenoxy) is 1. The number of Topliss-reactive ketones (excluding diaryl/α,β-unsaturated/α-hetero) is 1. The molecule has 0 saturated carbocycles. The standard InChI is InChI=1S/C11H13FO2/c1-7-4-5-10(14-3)9(11(7)12)6-8(2)13/h4-5H,6H2,1-3H3. The van der Waals surface area contributed by atoms with Crippen molar-refractivity contribution in [3.63, 3.8) is 0 Å². The van der Waals surface area contributed by atoms with E-state index in [1.165, 1.54) is 14.0 Å². The van der Waals surface area contributed by atoms with Crippen LogP contribution in [0.15, 0.2) is 12.1 Å². The predicted octanol–water partition coefficient (Wildman–Crippen LogP) is 2.27. The van der Waals surface area contributed by atoms with E-state index < -0.39 is 0 Å². The van der Waals surface area contributed by atoms with E-state index >= 15 is 0 Å². The minimum absolute atomic E-state index is 0.0761. The van der Waals surface area contributed by atoms with Gasteiger partial charge in [-0.3, -0.25) is 4.79 Å². The van der Waals surface area contributed by atoms with Crippen LogP contribution < -0.4 is 4.74 Å². The molecule has 0 fully saturated rings. The first-order chi connectivity index (χ1) is 6.56. The first-order valence-corrected chi connectivity index (χ1v) is 4.37. The Morgan fingerprint density at radius 3 is 2.64 bits per heavy atom. The zero-order valence-electron chi connectivity index (χ0n) is 8.56. The van der Waals surface area contributed by atoms with Crippen molar-refractivity contribution in [3.05, 3.63) is 29.1 Å². The molecule has 1 aromatic rings. The summed E-state index contributed by atoms with van der Waals surface area (Å²) in [7, 11) is 1.47. The third kappa shape index (κ3) is 2.10. The Bertz CT molecular complexity index is 359. The molecular weight excluding hydrogens is 183 g/mol. The molecule has 1 aromatic carbocycles. The van der Waals surface area contributed by atoms with E-state index in [-0.39, 0.29) is 18.0 Å². The van der Waals surface area contributed by atoms with Crippen molar-refractivity contribution in [2.75, 3.05) is 7.11 Å². The van der Waals surface area contributed by atoms with E-state index in [9.17, 15) is 9.18 Å². The number of hydrogen-bond donors (Lipinski definition) is 0. The summed E-state index contributed by atoms with van der Waals surface area (Å²) in [5.74, 6) is 0.00986. The fraction of sp³-hybridized carbons (Fsp3) is 0.364. The van der Waals surface area contributed by atoms with Crippen molar-refractivity contribution in [2.24, 2.45) is 0 Å². The second-order valence-electron chi connectivity index (χ2n) is 3.26. The van der Waals surface area contributed by atoms with Gasteiger partial charge in [-0.05, 0) is 25.5 Å². The SMILES string of the molecule is COc1ccc(C)c(F)c1CC(C)=O. The highest BCUT2D eigenvalue weighted by atomic mass is 19.1. The van der Waals surface area contributed by atoms with Crippen LogP contribution in [0, 0.1) is 12.7 Å². The van der Waals surface area contributed by atoms with Crippen molar-refractivity contribution < 1.29 is 13.9 Å². The smallest absolute Gasteiger partial charge is 0.134 e. The van der Waals surface area contributed by atoms with Crippen molar-refractivity contribution >= 4 is 5.78 Å². The number of aryl methyl sites for hydroxylation is 1. The van der Waals surface area contributed by atoms with Crippen molar-refractivity contribution in [1.29, 1.82) is 0 Å². The van der Waals surface area contributed by atoms with Gasteiger partial charge in [0.25, 0.3) is 0 Å². The molecule has 1 rings (SSSR count). The van der Waals surface area contributed by atoms with E-state index in [1.54, 1.807) is 19.1 Å². The summed E-state index contributed by atoms with van der Waals surface area (Å²) in [5, 5.41) is 0. The molecule has 0 radical (unpaired) electrons. The van der Waals surface area contributed by atoms with Crippen LogP contribution in [0.2, 0.25) is 0 Å². The summed E-state index contributed by atoms with van der Waals surface area (Å²) in [6.45, 7) is 3.10. The van der Waals surface area contributed by atoms with Gasteiger partial charge < -0.3 is 4.74 Å². The van der Waals surface area contributed by atoms with Crippen LogP contribution in [0.5, 0.6) is 5.75 Å². The summed E-state index contributed by atoms with van der Waals surface area (Å²) in [6, 6.07) is 3.31. The lowest BCUT2D eigenvalue weighted by Crippen LogP contribution is -2.03. The van der Waals surface area contributed by atoms with Gasteiger partial charge in [0.05, 0.1) is 7.11 Å². The summed E-state index contributed by atoms with van der Waals surface area (Å²) in [6.07, 6.45) is 0.0800. The maximum atomic E-state index is 13.6. The Morgan fingerprint density at radius 1 is 1.50 bits per heavy atom. The molecular formula is C11H13FO2. The van der Waals surface area contributed by atoms with Gasteiger partial charge in [-0.15, -0.1) is 0 Å². The van der Waals surface area contributed by atoms with E-state index in [0.717, 1.165) is 0 Å². The maximum Gasteiger partial charge on any atom is 0.134 e. The molecule has 0 spiro atoms. The third-order valence-electron chi connectivity index (χ3n) is 2.04. The summed E-state index contributed by atoms with van der Waals surface area (Å²) < 4.78 is 18.6. The van der Waals surface area contributed by atoms with Crippen LogP contribution in [0.3, 0.4) is 0 Å². The minimum Gasteiger partial charge on any atom is -0.496 e. The van der Waals surface area contributed by atoms with Crippen molar-refractivity contribution in [3.8, 4) is 5.75 Å². The second kappa shape index (κ2) is 4.22. The Morgan fingerprint density at radius 2 is 2.14 bits per heavy atom. The molecule has 0 heterocycles. The summed E-state index contributed by atoms with van der Waals surface area (Å²) in [4.78, 5) is 10.9.